The van der Waals surface area contributed by atoms with E-state index in [0.29, 0.717) is 11.3 Å². The number of esters is 1. The van der Waals surface area contributed by atoms with E-state index in [1.54, 1.807) is 25.6 Å². The monoisotopic (exact) mass is 198 g/mol. The van der Waals surface area contributed by atoms with Crippen LogP contribution in [-0.4, -0.2) is 28.0 Å². The molecular weight excluding hydrogens is 184 g/mol. The number of hydrogen-bond donors (Lipinski definition) is 1. The van der Waals surface area contributed by atoms with Crippen LogP contribution in [0.25, 0.3) is 0 Å². The van der Waals surface area contributed by atoms with Gasteiger partial charge in [-0.1, -0.05) is 0 Å². The van der Waals surface area contributed by atoms with Crippen LogP contribution in [0.4, 0.5) is 0 Å². The van der Waals surface area contributed by atoms with Gasteiger partial charge in [-0.2, -0.15) is 5.10 Å². The minimum absolute atomic E-state index is 0.527. The summed E-state index contributed by atoms with van der Waals surface area (Å²) in [4.78, 5) is 11.1. The summed E-state index contributed by atoms with van der Waals surface area (Å²) in [6, 6.07) is 0. The number of ether oxygens (including phenoxy) is 1. The molecule has 0 aromatic carbocycles. The number of aryl methyl sites for hydroxylation is 2. The van der Waals surface area contributed by atoms with Gasteiger partial charge in [0.1, 0.15) is 0 Å². The van der Waals surface area contributed by atoms with Gasteiger partial charge in [-0.3, -0.25) is 4.68 Å². The molecule has 0 spiro atoms. The van der Waals surface area contributed by atoms with Gasteiger partial charge < -0.3 is 9.84 Å². The summed E-state index contributed by atoms with van der Waals surface area (Å²) in [6.45, 7) is 3.54. The van der Waals surface area contributed by atoms with Crippen molar-refractivity contribution in [3.8, 4) is 0 Å². The van der Waals surface area contributed by atoms with E-state index in [2.05, 4.69) is 9.84 Å². The van der Waals surface area contributed by atoms with Gasteiger partial charge in [-0.05, 0) is 13.8 Å². The predicted octanol–water partition coefficient (Wildman–Crippen LogP) is 0.243. The zero-order valence-corrected chi connectivity index (χ0v) is 8.74. The molecule has 0 bridgehead atoms. The third-order valence-corrected chi connectivity index (χ3v) is 2.26. The van der Waals surface area contributed by atoms with Crippen molar-refractivity contribution in [1.82, 2.24) is 9.78 Å². The van der Waals surface area contributed by atoms with E-state index in [1.165, 1.54) is 7.11 Å². The van der Waals surface area contributed by atoms with Crippen LogP contribution in [0.2, 0.25) is 0 Å². The SMILES string of the molecule is COC(=O)[C@@H](O)c1c(C)nn(C)c1C. The summed E-state index contributed by atoms with van der Waals surface area (Å²) in [5, 5.41) is 13.7. The molecule has 1 atom stereocenters. The summed E-state index contributed by atoms with van der Waals surface area (Å²) in [6.07, 6.45) is -1.24. The zero-order valence-electron chi connectivity index (χ0n) is 8.74. The van der Waals surface area contributed by atoms with E-state index < -0.39 is 12.1 Å². The van der Waals surface area contributed by atoms with Gasteiger partial charge in [-0.15, -0.1) is 0 Å². The largest absolute Gasteiger partial charge is 0.467 e. The molecule has 0 aliphatic rings. The molecule has 0 saturated carbocycles. The maximum atomic E-state index is 11.1. The van der Waals surface area contributed by atoms with E-state index in [-0.39, 0.29) is 0 Å². The molecule has 1 N–H and O–H groups in total. The van der Waals surface area contributed by atoms with Crippen molar-refractivity contribution in [3.05, 3.63) is 17.0 Å². The normalized spacial score (nSPS) is 12.6. The van der Waals surface area contributed by atoms with Crippen LogP contribution < -0.4 is 0 Å². The highest BCUT2D eigenvalue weighted by atomic mass is 16.5. The summed E-state index contributed by atoms with van der Waals surface area (Å²) >= 11 is 0. The lowest BCUT2D eigenvalue weighted by Gasteiger charge is -2.08. The van der Waals surface area contributed by atoms with Crippen molar-refractivity contribution in [2.75, 3.05) is 7.11 Å². The number of aliphatic hydroxyl groups excluding tert-OH is 1. The Morgan fingerprint density at radius 3 is 2.50 bits per heavy atom. The smallest absolute Gasteiger partial charge is 0.339 e. The molecule has 1 rings (SSSR count). The highest BCUT2D eigenvalue weighted by Crippen LogP contribution is 2.21. The zero-order chi connectivity index (χ0) is 10.9. The number of hydrogen-bond acceptors (Lipinski definition) is 4. The molecule has 14 heavy (non-hydrogen) atoms. The highest BCUT2D eigenvalue weighted by Gasteiger charge is 2.24. The third-order valence-electron chi connectivity index (χ3n) is 2.26. The maximum Gasteiger partial charge on any atom is 0.339 e. The molecule has 78 valence electrons. The summed E-state index contributed by atoms with van der Waals surface area (Å²) < 4.78 is 6.08. The van der Waals surface area contributed by atoms with Crippen LogP contribution in [0.3, 0.4) is 0 Å². The molecule has 0 amide bonds. The van der Waals surface area contributed by atoms with Crippen molar-refractivity contribution >= 4 is 5.97 Å². The van der Waals surface area contributed by atoms with E-state index in [4.69, 9.17) is 0 Å². The Labute approximate surface area is 82.3 Å². The minimum Gasteiger partial charge on any atom is -0.467 e. The average Bonchev–Trinajstić information content (AvgIpc) is 2.39. The maximum absolute atomic E-state index is 11.1. The van der Waals surface area contributed by atoms with E-state index >= 15 is 0 Å². The Balaban J connectivity index is 3.12. The Morgan fingerprint density at radius 2 is 2.14 bits per heavy atom. The molecule has 0 saturated heterocycles. The number of rotatable bonds is 2. The lowest BCUT2D eigenvalue weighted by molar-refractivity contribution is -0.150. The lowest BCUT2D eigenvalue weighted by Crippen LogP contribution is -2.15. The van der Waals surface area contributed by atoms with Crippen molar-refractivity contribution < 1.29 is 14.6 Å². The van der Waals surface area contributed by atoms with Gasteiger partial charge in [0.2, 0.25) is 0 Å². The second-order valence-electron chi connectivity index (χ2n) is 3.13. The Kier molecular flexibility index (Phi) is 2.90. The fourth-order valence-corrected chi connectivity index (χ4v) is 1.42. The van der Waals surface area contributed by atoms with Crippen LogP contribution in [0.15, 0.2) is 0 Å². The Morgan fingerprint density at radius 1 is 1.57 bits per heavy atom. The van der Waals surface area contributed by atoms with Gasteiger partial charge in [0.25, 0.3) is 0 Å². The second-order valence-corrected chi connectivity index (χ2v) is 3.13. The second kappa shape index (κ2) is 3.79. The number of carbonyl (C=O) groups excluding carboxylic acids is 1. The van der Waals surface area contributed by atoms with Gasteiger partial charge in [0.05, 0.1) is 12.8 Å². The van der Waals surface area contributed by atoms with Crippen molar-refractivity contribution in [2.45, 2.75) is 20.0 Å². The van der Waals surface area contributed by atoms with Crippen LogP contribution in [0, 0.1) is 13.8 Å². The van der Waals surface area contributed by atoms with Crippen LogP contribution in [0.1, 0.15) is 23.1 Å². The number of methoxy groups -OCH3 is 1. The van der Waals surface area contributed by atoms with E-state index in [9.17, 15) is 9.90 Å². The molecule has 5 nitrogen and oxygen atoms in total. The average molecular weight is 198 g/mol. The van der Waals surface area contributed by atoms with Crippen molar-refractivity contribution in [3.63, 3.8) is 0 Å². The molecule has 0 aliphatic carbocycles. The van der Waals surface area contributed by atoms with Crippen LogP contribution in [-0.2, 0) is 16.6 Å². The number of carbonyl (C=O) groups is 1. The van der Waals surface area contributed by atoms with Gasteiger partial charge >= 0.3 is 5.97 Å². The quantitative estimate of drug-likeness (QED) is 0.691. The molecule has 0 unspecified atom stereocenters. The summed E-state index contributed by atoms with van der Waals surface area (Å²) in [5.74, 6) is -0.663. The number of aromatic nitrogens is 2. The first-order chi connectivity index (χ1) is 6.49. The fraction of sp³-hybridized carbons (Fsp3) is 0.556. The lowest BCUT2D eigenvalue weighted by atomic mass is 10.1. The first-order valence-corrected chi connectivity index (χ1v) is 4.25. The molecule has 1 aromatic rings. The number of nitrogens with zero attached hydrogens (tertiary/aromatic N) is 2. The summed E-state index contributed by atoms with van der Waals surface area (Å²) in [5.41, 5.74) is 1.93. The van der Waals surface area contributed by atoms with Crippen molar-refractivity contribution in [1.29, 1.82) is 0 Å². The Hall–Kier alpha value is -1.36. The summed E-state index contributed by atoms with van der Waals surface area (Å²) in [7, 11) is 3.00. The highest BCUT2D eigenvalue weighted by molar-refractivity contribution is 5.76. The van der Waals surface area contributed by atoms with Crippen molar-refractivity contribution in [2.24, 2.45) is 7.05 Å². The third kappa shape index (κ3) is 1.63. The fourth-order valence-electron chi connectivity index (χ4n) is 1.42. The number of aliphatic hydroxyl groups is 1. The molecule has 0 aliphatic heterocycles. The molecule has 0 radical (unpaired) electrons. The van der Waals surface area contributed by atoms with Gasteiger partial charge in [-0.25, -0.2) is 4.79 Å². The van der Waals surface area contributed by atoms with Crippen LogP contribution >= 0.6 is 0 Å². The first-order valence-electron chi connectivity index (χ1n) is 4.25. The standard InChI is InChI=1S/C9H14N2O3/c1-5-7(6(2)11(3)10-5)8(12)9(13)14-4/h8,12H,1-4H3/t8-/m0/s1. The molecule has 0 fully saturated rings. The first kappa shape index (κ1) is 10.7. The molecular formula is C9H14N2O3. The van der Waals surface area contributed by atoms with Gasteiger partial charge in [0, 0.05) is 18.3 Å². The Bertz CT molecular complexity index is 357. The molecule has 1 aromatic heterocycles. The predicted molar refractivity (Wildman–Crippen MR) is 49.7 cm³/mol. The molecule has 1 heterocycles. The van der Waals surface area contributed by atoms with Gasteiger partial charge in [0.15, 0.2) is 6.10 Å². The van der Waals surface area contributed by atoms with Crippen LogP contribution in [0.5, 0.6) is 0 Å². The topological polar surface area (TPSA) is 64.3 Å². The van der Waals surface area contributed by atoms with E-state index in [0.717, 1.165) is 5.69 Å². The molecule has 5 heteroatoms. The minimum atomic E-state index is -1.24. The van der Waals surface area contributed by atoms with E-state index in [1.807, 2.05) is 0 Å².